The lowest BCUT2D eigenvalue weighted by Crippen LogP contribution is -1.93. The van der Waals surface area contributed by atoms with Crippen LogP contribution < -0.4 is 0 Å². The molecule has 5 heteroatoms. The third kappa shape index (κ3) is 8.54. The molecule has 0 bridgehead atoms. The molecule has 0 unspecified atom stereocenters. The van der Waals surface area contributed by atoms with E-state index in [9.17, 15) is 0 Å². The Morgan fingerprint density at radius 1 is 0.367 bits per heavy atom. The van der Waals surface area contributed by atoms with Crippen molar-refractivity contribution < 1.29 is 4.42 Å². The summed E-state index contributed by atoms with van der Waals surface area (Å²) in [5.74, 6) is 0.839. The number of furan rings is 1. The van der Waals surface area contributed by atoms with Crippen LogP contribution in [0.5, 0.6) is 0 Å². The molecular weight excluding hydrogens is 751 g/mol. The van der Waals surface area contributed by atoms with Gasteiger partial charge in [-0.2, -0.15) is 0 Å². The number of para-hydroxylation sites is 1. The summed E-state index contributed by atoms with van der Waals surface area (Å²) >= 11 is 1.89. The first-order valence-electron chi connectivity index (χ1n) is 20.4. The molecule has 296 valence electrons. The Bertz CT molecular complexity index is 3070. The molecule has 60 heavy (non-hydrogen) atoms. The topological polar surface area (TPSA) is 51.8 Å². The lowest BCUT2D eigenvalue weighted by atomic mass is 9.96. The van der Waals surface area contributed by atoms with E-state index in [0.29, 0.717) is 0 Å². The molecule has 4 heterocycles. The standard InChI is InChI=1S/C17H15N.C14H12O.C14H12S.C10H10N2/c1-12-15-10-6-7-11-16(15)17(13(2)18-12)14-8-4-3-5-9-14;2*1-9-3-5-11-12-6-4-10(2)8-14(12)15-13(11)7-9;1-7-9-5-3-4-6-10(9)12-8(2)11-7/h3-11H,1-2H3;2*3-8H,1-2H3;3-6H,1-2H3. The number of thiophene rings is 1. The zero-order valence-corrected chi connectivity index (χ0v) is 36.4. The number of aromatic nitrogens is 3. The van der Waals surface area contributed by atoms with Crippen molar-refractivity contribution in [1.82, 2.24) is 15.0 Å². The van der Waals surface area contributed by atoms with Crippen LogP contribution in [0.1, 0.15) is 45.2 Å². The summed E-state index contributed by atoms with van der Waals surface area (Å²) in [7, 11) is 0. The summed E-state index contributed by atoms with van der Waals surface area (Å²) in [4.78, 5) is 13.3. The van der Waals surface area contributed by atoms with Gasteiger partial charge in [0.1, 0.15) is 17.0 Å². The molecule has 4 aromatic heterocycles. The number of benzene rings is 7. The van der Waals surface area contributed by atoms with Gasteiger partial charge in [-0.1, -0.05) is 121 Å². The lowest BCUT2D eigenvalue weighted by molar-refractivity contribution is 0.668. The molecule has 0 atom stereocenters. The molecule has 0 fully saturated rings. The molecule has 0 spiro atoms. The number of hydrogen-bond donors (Lipinski definition) is 0. The average molecular weight is 800 g/mol. The fraction of sp³-hybridized carbons (Fsp3) is 0.145. The smallest absolute Gasteiger partial charge is 0.135 e. The Morgan fingerprint density at radius 2 is 0.833 bits per heavy atom. The highest BCUT2D eigenvalue weighted by Crippen LogP contribution is 2.35. The van der Waals surface area contributed by atoms with Crippen LogP contribution in [0.15, 0.2) is 156 Å². The Kier molecular flexibility index (Phi) is 11.5. The summed E-state index contributed by atoms with van der Waals surface area (Å²) < 4.78 is 8.61. The van der Waals surface area contributed by atoms with Crippen molar-refractivity contribution in [2.24, 2.45) is 0 Å². The Labute approximate surface area is 356 Å². The van der Waals surface area contributed by atoms with E-state index in [2.05, 4.69) is 178 Å². The summed E-state index contributed by atoms with van der Waals surface area (Å²) in [5, 5.41) is 8.85. The van der Waals surface area contributed by atoms with Gasteiger partial charge in [0.15, 0.2) is 0 Å². The van der Waals surface area contributed by atoms with Gasteiger partial charge in [-0.3, -0.25) is 4.98 Å². The number of aryl methyl sites for hydroxylation is 8. The molecule has 0 aliphatic rings. The van der Waals surface area contributed by atoms with E-state index in [4.69, 9.17) is 4.42 Å². The van der Waals surface area contributed by atoms with Gasteiger partial charge in [0, 0.05) is 64.4 Å². The maximum atomic E-state index is 5.81. The van der Waals surface area contributed by atoms with Gasteiger partial charge >= 0.3 is 0 Å². The van der Waals surface area contributed by atoms with Crippen LogP contribution in [0.4, 0.5) is 0 Å². The zero-order valence-electron chi connectivity index (χ0n) is 35.6. The second kappa shape index (κ2) is 17.3. The van der Waals surface area contributed by atoms with Crippen LogP contribution >= 0.6 is 11.3 Å². The first kappa shape index (κ1) is 40.1. The number of fused-ring (bicyclic) bond motifs is 8. The van der Waals surface area contributed by atoms with Gasteiger partial charge < -0.3 is 4.42 Å². The highest BCUT2D eigenvalue weighted by Gasteiger charge is 2.11. The highest BCUT2D eigenvalue weighted by atomic mass is 32.1. The minimum absolute atomic E-state index is 0.839. The average Bonchev–Trinajstić information content (AvgIpc) is 3.77. The number of nitrogens with zero attached hydrogens (tertiary/aromatic N) is 3. The van der Waals surface area contributed by atoms with E-state index >= 15 is 0 Å². The van der Waals surface area contributed by atoms with Crippen LogP contribution in [-0.4, -0.2) is 15.0 Å². The predicted octanol–water partition coefficient (Wildman–Crippen LogP) is 15.6. The van der Waals surface area contributed by atoms with Gasteiger partial charge in [0.25, 0.3) is 0 Å². The Hall–Kier alpha value is -6.69. The van der Waals surface area contributed by atoms with Crippen molar-refractivity contribution in [3.05, 3.63) is 197 Å². The molecule has 0 N–H and O–H groups in total. The van der Waals surface area contributed by atoms with E-state index < -0.39 is 0 Å². The molecule has 0 aliphatic heterocycles. The maximum absolute atomic E-state index is 5.81. The van der Waals surface area contributed by atoms with Crippen LogP contribution in [0.3, 0.4) is 0 Å². The summed E-state index contributed by atoms with van der Waals surface area (Å²) in [6, 6.07) is 53.1. The molecule has 0 saturated carbocycles. The molecule has 0 amide bonds. The summed E-state index contributed by atoms with van der Waals surface area (Å²) in [6.45, 7) is 16.5. The van der Waals surface area contributed by atoms with Crippen LogP contribution in [0.25, 0.3) is 74.9 Å². The van der Waals surface area contributed by atoms with E-state index in [1.165, 1.54) is 75.1 Å². The molecular formula is C55H49N3OS. The lowest BCUT2D eigenvalue weighted by Gasteiger charge is -2.12. The van der Waals surface area contributed by atoms with E-state index in [1.54, 1.807) is 0 Å². The van der Waals surface area contributed by atoms with E-state index in [-0.39, 0.29) is 0 Å². The molecule has 0 saturated heterocycles. The number of hydrogen-bond acceptors (Lipinski definition) is 5. The minimum atomic E-state index is 0.839. The van der Waals surface area contributed by atoms with E-state index in [0.717, 1.165) is 45.0 Å². The number of rotatable bonds is 1. The molecule has 11 rings (SSSR count). The van der Waals surface area contributed by atoms with Gasteiger partial charge in [-0.05, 0) is 119 Å². The van der Waals surface area contributed by atoms with Crippen LogP contribution in [0.2, 0.25) is 0 Å². The number of pyridine rings is 1. The SMILES string of the molecule is Cc1ccc2c(c1)oc1cc(C)ccc12.Cc1ccc2c(c1)sc1cc(C)ccc12.Cc1nc(C)c2ccccc2c1-c1ccccc1.Cc1nc(C)c2ccccc2n1. The highest BCUT2D eigenvalue weighted by molar-refractivity contribution is 7.25. The minimum Gasteiger partial charge on any atom is -0.456 e. The second-order valence-corrected chi connectivity index (χ2v) is 16.7. The first-order valence-corrected chi connectivity index (χ1v) is 21.2. The van der Waals surface area contributed by atoms with Crippen molar-refractivity contribution in [2.45, 2.75) is 55.4 Å². The fourth-order valence-electron chi connectivity index (χ4n) is 7.91. The fourth-order valence-corrected chi connectivity index (χ4v) is 9.21. The quantitative estimate of drug-likeness (QED) is 0.166. The summed E-state index contributed by atoms with van der Waals surface area (Å²) in [5.41, 5.74) is 13.9. The third-order valence-corrected chi connectivity index (χ3v) is 11.9. The van der Waals surface area contributed by atoms with Crippen molar-refractivity contribution in [3.8, 4) is 11.1 Å². The van der Waals surface area contributed by atoms with Gasteiger partial charge in [-0.15, -0.1) is 11.3 Å². The normalized spacial score (nSPS) is 11.0. The predicted molar refractivity (Wildman–Crippen MR) is 258 cm³/mol. The second-order valence-electron chi connectivity index (χ2n) is 15.6. The Morgan fingerprint density at radius 3 is 1.42 bits per heavy atom. The van der Waals surface area contributed by atoms with Crippen molar-refractivity contribution in [1.29, 1.82) is 0 Å². The molecule has 7 aromatic carbocycles. The van der Waals surface area contributed by atoms with Crippen LogP contribution in [0, 0.1) is 55.4 Å². The largest absolute Gasteiger partial charge is 0.456 e. The third-order valence-electron chi connectivity index (χ3n) is 10.8. The molecule has 11 aromatic rings. The van der Waals surface area contributed by atoms with E-state index in [1.807, 2.05) is 55.5 Å². The maximum Gasteiger partial charge on any atom is 0.135 e. The van der Waals surface area contributed by atoms with Gasteiger partial charge in [0.05, 0.1) is 5.52 Å². The van der Waals surface area contributed by atoms with Gasteiger partial charge in [-0.25, -0.2) is 9.97 Å². The molecule has 0 aliphatic carbocycles. The van der Waals surface area contributed by atoms with Crippen LogP contribution in [-0.2, 0) is 0 Å². The van der Waals surface area contributed by atoms with Crippen molar-refractivity contribution in [2.75, 3.05) is 0 Å². The molecule has 0 radical (unpaired) electrons. The Balaban J connectivity index is 0.000000112. The van der Waals surface area contributed by atoms with Gasteiger partial charge in [0.2, 0.25) is 0 Å². The zero-order chi connectivity index (χ0) is 41.9. The van der Waals surface area contributed by atoms with Crippen molar-refractivity contribution >= 4 is 75.1 Å². The summed E-state index contributed by atoms with van der Waals surface area (Å²) in [6.07, 6.45) is 0. The first-order chi connectivity index (χ1) is 29.0. The monoisotopic (exact) mass is 799 g/mol. The van der Waals surface area contributed by atoms with Crippen molar-refractivity contribution in [3.63, 3.8) is 0 Å². The molecule has 4 nitrogen and oxygen atoms in total.